The number of fused-ring (bicyclic) bond motifs is 1. The molecule has 1 fully saturated rings. The number of hydrogen-bond donors (Lipinski definition) is 0. The fourth-order valence-corrected chi connectivity index (χ4v) is 3.43. The Morgan fingerprint density at radius 3 is 2.67 bits per heavy atom. The Morgan fingerprint density at radius 1 is 1.11 bits per heavy atom. The van der Waals surface area contributed by atoms with E-state index in [1.165, 1.54) is 0 Å². The second-order valence-electron chi connectivity index (χ2n) is 6.61. The predicted molar refractivity (Wildman–Crippen MR) is 105 cm³/mol. The molecule has 1 aromatic carbocycles. The van der Waals surface area contributed by atoms with E-state index in [4.69, 9.17) is 9.72 Å². The number of methoxy groups -OCH3 is 1. The van der Waals surface area contributed by atoms with Gasteiger partial charge in [0.1, 0.15) is 17.6 Å². The van der Waals surface area contributed by atoms with Crippen LogP contribution in [0.25, 0.3) is 10.9 Å². The second-order valence-corrected chi connectivity index (χ2v) is 6.61. The zero-order chi connectivity index (χ0) is 18.6. The van der Waals surface area contributed by atoms with Gasteiger partial charge in [0.05, 0.1) is 23.9 Å². The van der Waals surface area contributed by atoms with Gasteiger partial charge in [0.2, 0.25) is 0 Å². The number of nitrogens with zero attached hydrogens (tertiary/aromatic N) is 5. The number of benzene rings is 1. The summed E-state index contributed by atoms with van der Waals surface area (Å²) in [7, 11) is 1.64. The molecule has 0 unspecified atom stereocenters. The zero-order valence-electron chi connectivity index (χ0n) is 15.3. The molecule has 2 aromatic heterocycles. The Morgan fingerprint density at radius 2 is 1.96 bits per heavy atom. The number of aromatic nitrogens is 2. The molecule has 27 heavy (non-hydrogen) atoms. The SMILES string of the molecule is COc1ccc2nc(N3CCN(Cc4ccccn4)CC3)c(C#N)cc2c1. The average Bonchev–Trinajstić information content (AvgIpc) is 2.73. The van der Waals surface area contributed by atoms with E-state index in [1.807, 2.05) is 42.6 Å². The Labute approximate surface area is 158 Å². The number of nitriles is 1. The highest BCUT2D eigenvalue weighted by atomic mass is 16.5. The monoisotopic (exact) mass is 359 g/mol. The molecule has 3 heterocycles. The molecule has 1 saturated heterocycles. The number of piperazine rings is 1. The molecule has 1 aliphatic rings. The maximum absolute atomic E-state index is 9.62. The van der Waals surface area contributed by atoms with E-state index < -0.39 is 0 Å². The van der Waals surface area contributed by atoms with Gasteiger partial charge in [-0.05, 0) is 36.4 Å². The Hall–Kier alpha value is -3.17. The Kier molecular flexibility index (Phi) is 4.86. The van der Waals surface area contributed by atoms with Crippen LogP contribution in [0.4, 0.5) is 5.82 Å². The first kappa shape index (κ1) is 17.3. The van der Waals surface area contributed by atoms with Gasteiger partial charge in [0, 0.05) is 44.3 Å². The third-order valence-corrected chi connectivity index (χ3v) is 4.91. The van der Waals surface area contributed by atoms with Crippen LogP contribution in [0.2, 0.25) is 0 Å². The third kappa shape index (κ3) is 3.69. The van der Waals surface area contributed by atoms with E-state index >= 15 is 0 Å². The van der Waals surface area contributed by atoms with Gasteiger partial charge < -0.3 is 9.64 Å². The maximum atomic E-state index is 9.62. The molecule has 0 aliphatic carbocycles. The van der Waals surface area contributed by atoms with E-state index in [9.17, 15) is 5.26 Å². The average molecular weight is 359 g/mol. The second kappa shape index (κ2) is 7.60. The predicted octanol–water partition coefficient (Wildman–Crippen LogP) is 2.83. The quantitative estimate of drug-likeness (QED) is 0.714. The van der Waals surface area contributed by atoms with E-state index in [0.29, 0.717) is 5.56 Å². The molecule has 136 valence electrons. The fourth-order valence-electron chi connectivity index (χ4n) is 3.43. The summed E-state index contributed by atoms with van der Waals surface area (Å²) in [6.45, 7) is 4.38. The minimum Gasteiger partial charge on any atom is -0.497 e. The molecule has 0 saturated carbocycles. The number of anilines is 1. The van der Waals surface area contributed by atoms with Crippen LogP contribution >= 0.6 is 0 Å². The van der Waals surface area contributed by atoms with Crippen molar-refractivity contribution in [3.8, 4) is 11.8 Å². The largest absolute Gasteiger partial charge is 0.497 e. The first-order valence-electron chi connectivity index (χ1n) is 9.03. The lowest BCUT2D eigenvalue weighted by atomic mass is 10.1. The Balaban J connectivity index is 1.52. The summed E-state index contributed by atoms with van der Waals surface area (Å²) >= 11 is 0. The van der Waals surface area contributed by atoms with Crippen molar-refractivity contribution in [2.75, 3.05) is 38.2 Å². The van der Waals surface area contributed by atoms with E-state index in [1.54, 1.807) is 7.11 Å². The van der Waals surface area contributed by atoms with Gasteiger partial charge in [-0.1, -0.05) is 6.07 Å². The number of hydrogen-bond acceptors (Lipinski definition) is 6. The van der Waals surface area contributed by atoms with Gasteiger partial charge in [-0.2, -0.15) is 5.26 Å². The van der Waals surface area contributed by atoms with Crippen molar-refractivity contribution in [3.05, 3.63) is 59.9 Å². The van der Waals surface area contributed by atoms with Crippen molar-refractivity contribution in [2.24, 2.45) is 0 Å². The molecule has 0 amide bonds. The van der Waals surface area contributed by atoms with Crippen LogP contribution in [0, 0.1) is 11.3 Å². The number of rotatable bonds is 4. The van der Waals surface area contributed by atoms with Crippen molar-refractivity contribution in [1.82, 2.24) is 14.9 Å². The molecular formula is C21H21N5O. The summed E-state index contributed by atoms with van der Waals surface area (Å²) in [4.78, 5) is 13.8. The molecule has 3 aromatic rings. The van der Waals surface area contributed by atoms with Crippen LogP contribution in [-0.4, -0.2) is 48.2 Å². The van der Waals surface area contributed by atoms with Crippen LogP contribution in [0.5, 0.6) is 5.75 Å². The van der Waals surface area contributed by atoms with Gasteiger partial charge in [0.15, 0.2) is 0 Å². The normalized spacial score (nSPS) is 14.9. The van der Waals surface area contributed by atoms with E-state index in [-0.39, 0.29) is 0 Å². The first-order chi connectivity index (χ1) is 13.3. The summed E-state index contributed by atoms with van der Waals surface area (Å²) in [6, 6.07) is 16.0. The molecule has 0 radical (unpaired) electrons. The van der Waals surface area contributed by atoms with Crippen molar-refractivity contribution in [2.45, 2.75) is 6.54 Å². The molecule has 4 rings (SSSR count). The highest BCUT2D eigenvalue weighted by Crippen LogP contribution is 2.27. The summed E-state index contributed by atoms with van der Waals surface area (Å²) in [5.41, 5.74) is 2.57. The van der Waals surface area contributed by atoms with E-state index in [0.717, 1.165) is 60.9 Å². The third-order valence-electron chi connectivity index (χ3n) is 4.91. The lowest BCUT2D eigenvalue weighted by molar-refractivity contribution is 0.246. The summed E-state index contributed by atoms with van der Waals surface area (Å²) in [5.74, 6) is 1.54. The van der Waals surface area contributed by atoms with Gasteiger partial charge in [-0.3, -0.25) is 9.88 Å². The molecule has 0 spiro atoms. The van der Waals surface area contributed by atoms with Crippen molar-refractivity contribution >= 4 is 16.7 Å². The number of pyridine rings is 2. The van der Waals surface area contributed by atoms with Crippen LogP contribution in [0.1, 0.15) is 11.3 Å². The number of ether oxygens (including phenoxy) is 1. The van der Waals surface area contributed by atoms with E-state index in [2.05, 4.69) is 26.9 Å². The summed E-state index contributed by atoms with van der Waals surface area (Å²) < 4.78 is 5.27. The molecule has 0 atom stereocenters. The van der Waals surface area contributed by atoms with Gasteiger partial charge in [-0.25, -0.2) is 4.98 Å². The topological polar surface area (TPSA) is 65.3 Å². The smallest absolute Gasteiger partial charge is 0.147 e. The lowest BCUT2D eigenvalue weighted by Crippen LogP contribution is -2.46. The van der Waals surface area contributed by atoms with Gasteiger partial charge in [0.25, 0.3) is 0 Å². The van der Waals surface area contributed by atoms with Crippen LogP contribution in [-0.2, 0) is 6.54 Å². The molecular weight excluding hydrogens is 338 g/mol. The van der Waals surface area contributed by atoms with Crippen molar-refractivity contribution in [1.29, 1.82) is 5.26 Å². The molecule has 6 heteroatoms. The van der Waals surface area contributed by atoms with Crippen LogP contribution < -0.4 is 9.64 Å². The standard InChI is InChI=1S/C21H21N5O/c1-27-19-5-6-20-16(13-19)12-17(14-22)21(24-20)26-10-8-25(9-11-26)15-18-4-2-3-7-23-18/h2-7,12-13H,8-11,15H2,1H3. The van der Waals surface area contributed by atoms with Crippen molar-refractivity contribution in [3.63, 3.8) is 0 Å². The Bertz CT molecular complexity index is 975. The highest BCUT2D eigenvalue weighted by Gasteiger charge is 2.21. The molecule has 6 nitrogen and oxygen atoms in total. The minimum absolute atomic E-state index is 0.605. The van der Waals surface area contributed by atoms with Gasteiger partial charge in [-0.15, -0.1) is 0 Å². The minimum atomic E-state index is 0.605. The van der Waals surface area contributed by atoms with Crippen LogP contribution in [0.3, 0.4) is 0 Å². The lowest BCUT2D eigenvalue weighted by Gasteiger charge is -2.35. The molecule has 0 N–H and O–H groups in total. The fraction of sp³-hybridized carbons (Fsp3) is 0.286. The summed E-state index contributed by atoms with van der Waals surface area (Å²) in [6.07, 6.45) is 1.83. The maximum Gasteiger partial charge on any atom is 0.147 e. The molecule has 1 aliphatic heterocycles. The van der Waals surface area contributed by atoms with Gasteiger partial charge >= 0.3 is 0 Å². The first-order valence-corrected chi connectivity index (χ1v) is 9.03. The summed E-state index contributed by atoms with van der Waals surface area (Å²) in [5, 5.41) is 10.5. The molecule has 0 bridgehead atoms. The highest BCUT2D eigenvalue weighted by molar-refractivity contribution is 5.84. The van der Waals surface area contributed by atoms with Crippen LogP contribution in [0.15, 0.2) is 48.7 Å². The zero-order valence-corrected chi connectivity index (χ0v) is 15.3. The van der Waals surface area contributed by atoms with Crippen molar-refractivity contribution < 1.29 is 4.74 Å².